The van der Waals surface area contributed by atoms with E-state index in [1.54, 1.807) is 0 Å². The zero-order valence-electron chi connectivity index (χ0n) is 9.59. The standard InChI is InChI=1S/C11H14F3NO3/c12-11(13,14)10(4-5-10)15-8(16)6-2-1-3-7(6)9(17)18/h6-7H,1-5H2,(H,15,16)(H,17,18)/t6-,7+/m1/s1. The van der Waals surface area contributed by atoms with Crippen LogP contribution in [0.4, 0.5) is 13.2 Å². The maximum absolute atomic E-state index is 12.7. The van der Waals surface area contributed by atoms with E-state index in [1.807, 2.05) is 5.32 Å². The average molecular weight is 265 g/mol. The van der Waals surface area contributed by atoms with Crippen LogP contribution in [0.25, 0.3) is 0 Å². The van der Waals surface area contributed by atoms with Gasteiger partial charge in [0, 0.05) is 0 Å². The van der Waals surface area contributed by atoms with E-state index in [9.17, 15) is 22.8 Å². The van der Waals surface area contributed by atoms with E-state index in [4.69, 9.17) is 5.11 Å². The Labute approximate surface area is 102 Å². The van der Waals surface area contributed by atoms with Crippen LogP contribution >= 0.6 is 0 Å². The molecular weight excluding hydrogens is 251 g/mol. The summed E-state index contributed by atoms with van der Waals surface area (Å²) in [5, 5.41) is 10.9. The maximum atomic E-state index is 12.7. The van der Waals surface area contributed by atoms with E-state index >= 15 is 0 Å². The number of hydrogen-bond donors (Lipinski definition) is 2. The Kier molecular flexibility index (Phi) is 3.03. The first-order chi connectivity index (χ1) is 8.27. The number of carboxylic acid groups (broad SMARTS) is 1. The van der Waals surface area contributed by atoms with Crippen molar-refractivity contribution in [3.63, 3.8) is 0 Å². The second-order valence-corrected chi connectivity index (χ2v) is 5.05. The van der Waals surface area contributed by atoms with Crippen molar-refractivity contribution in [2.24, 2.45) is 11.8 Å². The molecule has 2 aliphatic carbocycles. The SMILES string of the molecule is O=C(O)[C@H]1CCC[C@H]1C(=O)NC1(C(F)(F)F)CC1. The summed E-state index contributed by atoms with van der Waals surface area (Å²) in [6.45, 7) is 0. The molecule has 2 saturated carbocycles. The second-order valence-electron chi connectivity index (χ2n) is 5.05. The van der Waals surface area contributed by atoms with E-state index in [1.165, 1.54) is 0 Å². The number of amides is 1. The first kappa shape index (κ1) is 13.2. The highest BCUT2D eigenvalue weighted by atomic mass is 19.4. The summed E-state index contributed by atoms with van der Waals surface area (Å²) in [5.74, 6) is -3.56. The fraction of sp³-hybridized carbons (Fsp3) is 0.818. The lowest BCUT2D eigenvalue weighted by atomic mass is 9.95. The highest BCUT2D eigenvalue weighted by molar-refractivity contribution is 5.86. The predicted octanol–water partition coefficient (Wildman–Crippen LogP) is 1.70. The van der Waals surface area contributed by atoms with Crippen molar-refractivity contribution in [3.05, 3.63) is 0 Å². The molecule has 0 radical (unpaired) electrons. The van der Waals surface area contributed by atoms with Crippen LogP contribution in [-0.4, -0.2) is 28.7 Å². The molecule has 2 rings (SSSR count). The molecule has 0 aromatic heterocycles. The number of hydrogen-bond acceptors (Lipinski definition) is 2. The third kappa shape index (κ3) is 2.18. The normalized spacial score (nSPS) is 29.9. The Bertz CT molecular complexity index is 376. The number of alkyl halides is 3. The van der Waals surface area contributed by atoms with Crippen LogP contribution in [0.1, 0.15) is 32.1 Å². The minimum Gasteiger partial charge on any atom is -0.481 e. The maximum Gasteiger partial charge on any atom is 0.411 e. The number of halogens is 3. The number of carboxylic acids is 1. The van der Waals surface area contributed by atoms with Crippen molar-refractivity contribution < 1.29 is 27.9 Å². The molecule has 0 aromatic rings. The summed E-state index contributed by atoms with van der Waals surface area (Å²) in [7, 11) is 0. The molecule has 1 amide bonds. The number of carbonyl (C=O) groups excluding carboxylic acids is 1. The van der Waals surface area contributed by atoms with E-state index in [-0.39, 0.29) is 12.8 Å². The van der Waals surface area contributed by atoms with E-state index < -0.39 is 35.4 Å². The van der Waals surface area contributed by atoms with Crippen LogP contribution in [0, 0.1) is 11.8 Å². The summed E-state index contributed by atoms with van der Waals surface area (Å²) in [5.41, 5.74) is -2.10. The fourth-order valence-corrected chi connectivity index (χ4v) is 2.50. The van der Waals surface area contributed by atoms with Crippen molar-refractivity contribution in [1.29, 1.82) is 0 Å². The van der Waals surface area contributed by atoms with Crippen LogP contribution in [0.3, 0.4) is 0 Å². The summed E-state index contributed by atoms with van der Waals surface area (Å²) < 4.78 is 38.0. The Morgan fingerprint density at radius 2 is 1.72 bits per heavy atom. The molecule has 2 N–H and O–H groups in total. The second kappa shape index (κ2) is 4.13. The van der Waals surface area contributed by atoms with Crippen LogP contribution in [0.15, 0.2) is 0 Å². The monoisotopic (exact) mass is 265 g/mol. The zero-order valence-corrected chi connectivity index (χ0v) is 9.59. The third-order valence-electron chi connectivity index (χ3n) is 3.83. The van der Waals surface area contributed by atoms with Crippen LogP contribution in [-0.2, 0) is 9.59 Å². The van der Waals surface area contributed by atoms with Gasteiger partial charge in [-0.05, 0) is 25.7 Å². The minimum atomic E-state index is -4.46. The van der Waals surface area contributed by atoms with Gasteiger partial charge in [0.05, 0.1) is 11.8 Å². The molecule has 0 saturated heterocycles. The van der Waals surface area contributed by atoms with Crippen molar-refractivity contribution in [3.8, 4) is 0 Å². The van der Waals surface area contributed by atoms with Gasteiger partial charge in [0.15, 0.2) is 0 Å². The summed E-state index contributed by atoms with van der Waals surface area (Å²) in [4.78, 5) is 22.7. The summed E-state index contributed by atoms with van der Waals surface area (Å²) in [6.07, 6.45) is -3.43. The number of carbonyl (C=O) groups is 2. The van der Waals surface area contributed by atoms with Crippen molar-refractivity contribution in [2.45, 2.75) is 43.8 Å². The molecule has 2 atom stereocenters. The zero-order chi connectivity index (χ0) is 13.6. The highest BCUT2D eigenvalue weighted by Crippen LogP contribution is 2.49. The first-order valence-electron chi connectivity index (χ1n) is 5.88. The van der Waals surface area contributed by atoms with Gasteiger partial charge in [0.2, 0.25) is 5.91 Å². The quantitative estimate of drug-likeness (QED) is 0.816. The third-order valence-corrected chi connectivity index (χ3v) is 3.83. The molecule has 4 nitrogen and oxygen atoms in total. The van der Waals surface area contributed by atoms with Gasteiger partial charge in [-0.2, -0.15) is 13.2 Å². The molecule has 0 unspecified atom stereocenters. The Balaban J connectivity index is 2.03. The van der Waals surface area contributed by atoms with E-state index in [0.717, 1.165) is 0 Å². The summed E-state index contributed by atoms with van der Waals surface area (Å²) >= 11 is 0. The van der Waals surface area contributed by atoms with Gasteiger partial charge >= 0.3 is 12.1 Å². The summed E-state index contributed by atoms with van der Waals surface area (Å²) in [6, 6.07) is 0. The number of rotatable bonds is 3. The lowest BCUT2D eigenvalue weighted by molar-refractivity contribution is -0.172. The van der Waals surface area contributed by atoms with Crippen molar-refractivity contribution in [2.75, 3.05) is 0 Å². The molecule has 18 heavy (non-hydrogen) atoms. The molecular formula is C11H14F3NO3. The van der Waals surface area contributed by atoms with Crippen molar-refractivity contribution in [1.82, 2.24) is 5.32 Å². The Hall–Kier alpha value is -1.27. The lowest BCUT2D eigenvalue weighted by Gasteiger charge is -2.24. The predicted molar refractivity (Wildman–Crippen MR) is 54.6 cm³/mol. The van der Waals surface area contributed by atoms with Gasteiger partial charge in [-0.25, -0.2) is 0 Å². The molecule has 0 spiro atoms. The topological polar surface area (TPSA) is 66.4 Å². The molecule has 0 heterocycles. The van der Waals surface area contributed by atoms with Gasteiger partial charge in [0.1, 0.15) is 5.54 Å². The van der Waals surface area contributed by atoms with Gasteiger partial charge < -0.3 is 10.4 Å². The van der Waals surface area contributed by atoms with E-state index in [2.05, 4.69) is 0 Å². The average Bonchev–Trinajstić information content (AvgIpc) is 2.87. The highest BCUT2D eigenvalue weighted by Gasteiger charge is 2.64. The minimum absolute atomic E-state index is 0.118. The fourth-order valence-electron chi connectivity index (χ4n) is 2.50. The van der Waals surface area contributed by atoms with Crippen LogP contribution in [0.2, 0.25) is 0 Å². The molecule has 2 fully saturated rings. The lowest BCUT2D eigenvalue weighted by Crippen LogP contribution is -2.50. The van der Waals surface area contributed by atoms with Gasteiger partial charge in [-0.1, -0.05) is 6.42 Å². The number of aliphatic carboxylic acids is 1. The Morgan fingerprint density at radius 1 is 1.17 bits per heavy atom. The van der Waals surface area contributed by atoms with Crippen molar-refractivity contribution >= 4 is 11.9 Å². The van der Waals surface area contributed by atoms with Gasteiger partial charge in [-0.3, -0.25) is 9.59 Å². The number of nitrogens with one attached hydrogen (secondary N) is 1. The van der Waals surface area contributed by atoms with Crippen LogP contribution in [0.5, 0.6) is 0 Å². The Morgan fingerprint density at radius 3 is 2.17 bits per heavy atom. The smallest absolute Gasteiger partial charge is 0.411 e. The molecule has 0 aromatic carbocycles. The van der Waals surface area contributed by atoms with Gasteiger partial charge in [0.25, 0.3) is 0 Å². The van der Waals surface area contributed by atoms with Gasteiger partial charge in [-0.15, -0.1) is 0 Å². The first-order valence-corrected chi connectivity index (χ1v) is 5.88. The molecule has 7 heteroatoms. The van der Waals surface area contributed by atoms with E-state index in [0.29, 0.717) is 19.3 Å². The largest absolute Gasteiger partial charge is 0.481 e. The van der Waals surface area contributed by atoms with Crippen LogP contribution < -0.4 is 5.32 Å². The molecule has 102 valence electrons. The molecule has 0 bridgehead atoms. The molecule has 2 aliphatic rings. The molecule has 0 aliphatic heterocycles.